The molecule has 6 heteroatoms. The van der Waals surface area contributed by atoms with Crippen LogP contribution in [0, 0.1) is 13.8 Å². The van der Waals surface area contributed by atoms with Crippen molar-refractivity contribution in [1.82, 2.24) is 10.4 Å². The molecule has 1 N–H and O–H groups in total. The maximum atomic E-state index is 12.8. The number of piperidine rings is 1. The molecular weight excluding hydrogens is 320 g/mol. The van der Waals surface area contributed by atoms with Crippen LogP contribution in [0.2, 0.25) is 0 Å². The molecule has 0 radical (unpaired) electrons. The van der Waals surface area contributed by atoms with E-state index in [9.17, 15) is 9.59 Å². The molecule has 1 aromatic rings. The molecule has 2 aliphatic rings. The molecule has 1 saturated heterocycles. The summed E-state index contributed by atoms with van der Waals surface area (Å²) in [7, 11) is 1.63. The standard InChI is InChI=1S/C19H24N2O4/c1-12-5-6-13(2)15(11-12)16-17(25-14(3)22)19(20-18(16)23)7-9-21(24-4)10-8-19/h5-6,11H,7-10H2,1-4H3,(H,20,23). The number of carbonyl (C=O) groups excluding carboxylic acids is 2. The second kappa shape index (κ2) is 6.61. The zero-order valence-corrected chi connectivity index (χ0v) is 15.1. The fourth-order valence-electron chi connectivity index (χ4n) is 3.62. The lowest BCUT2D eigenvalue weighted by atomic mass is 9.85. The van der Waals surface area contributed by atoms with Gasteiger partial charge in [0.2, 0.25) is 0 Å². The average molecular weight is 344 g/mol. The third-order valence-electron chi connectivity index (χ3n) is 4.98. The molecule has 0 aliphatic carbocycles. The van der Waals surface area contributed by atoms with E-state index >= 15 is 0 Å². The minimum atomic E-state index is -0.650. The fraction of sp³-hybridized carbons (Fsp3) is 0.474. The molecule has 0 aromatic heterocycles. The summed E-state index contributed by atoms with van der Waals surface area (Å²) in [5.41, 5.74) is 2.68. The van der Waals surface area contributed by atoms with Gasteiger partial charge in [0, 0.05) is 20.0 Å². The first kappa shape index (κ1) is 17.6. The average Bonchev–Trinajstić information content (AvgIpc) is 2.82. The summed E-state index contributed by atoms with van der Waals surface area (Å²) in [5.74, 6) is -0.145. The number of aryl methyl sites for hydroxylation is 2. The number of rotatable bonds is 3. The molecule has 1 spiro atoms. The number of esters is 1. The van der Waals surface area contributed by atoms with E-state index in [0.717, 1.165) is 16.7 Å². The largest absolute Gasteiger partial charge is 0.428 e. The normalized spacial score (nSPS) is 20.1. The van der Waals surface area contributed by atoms with Gasteiger partial charge in [-0.1, -0.05) is 23.8 Å². The molecule has 134 valence electrons. The molecule has 3 rings (SSSR count). The number of amides is 1. The van der Waals surface area contributed by atoms with Crippen LogP contribution in [-0.2, 0) is 19.2 Å². The smallest absolute Gasteiger partial charge is 0.307 e. The van der Waals surface area contributed by atoms with Gasteiger partial charge in [0.15, 0.2) is 0 Å². The lowest BCUT2D eigenvalue weighted by Gasteiger charge is -2.38. The summed E-state index contributed by atoms with van der Waals surface area (Å²) in [6.07, 6.45) is 1.26. The topological polar surface area (TPSA) is 67.9 Å². The van der Waals surface area contributed by atoms with Crippen LogP contribution >= 0.6 is 0 Å². The second-order valence-electron chi connectivity index (χ2n) is 6.76. The molecule has 0 atom stereocenters. The Morgan fingerprint density at radius 1 is 1.24 bits per heavy atom. The highest BCUT2D eigenvalue weighted by atomic mass is 16.7. The van der Waals surface area contributed by atoms with Crippen LogP contribution in [0.3, 0.4) is 0 Å². The van der Waals surface area contributed by atoms with E-state index in [1.165, 1.54) is 6.92 Å². The molecule has 1 amide bonds. The molecule has 0 unspecified atom stereocenters. The molecule has 1 aromatic carbocycles. The van der Waals surface area contributed by atoms with Crippen molar-refractivity contribution < 1.29 is 19.2 Å². The van der Waals surface area contributed by atoms with Crippen molar-refractivity contribution in [2.24, 2.45) is 0 Å². The van der Waals surface area contributed by atoms with Crippen molar-refractivity contribution in [2.45, 2.75) is 39.2 Å². The summed E-state index contributed by atoms with van der Waals surface area (Å²) < 4.78 is 5.60. The second-order valence-corrected chi connectivity index (χ2v) is 6.76. The van der Waals surface area contributed by atoms with Crippen molar-refractivity contribution in [2.75, 3.05) is 20.2 Å². The Morgan fingerprint density at radius 3 is 2.52 bits per heavy atom. The van der Waals surface area contributed by atoms with Gasteiger partial charge in [-0.15, -0.1) is 0 Å². The van der Waals surface area contributed by atoms with E-state index < -0.39 is 11.5 Å². The molecule has 1 fully saturated rings. The van der Waals surface area contributed by atoms with Gasteiger partial charge < -0.3 is 14.9 Å². The van der Waals surface area contributed by atoms with E-state index in [-0.39, 0.29) is 5.91 Å². The number of hydroxylamine groups is 2. The number of hydrogen-bond acceptors (Lipinski definition) is 5. The van der Waals surface area contributed by atoms with Crippen LogP contribution in [0.1, 0.15) is 36.5 Å². The van der Waals surface area contributed by atoms with Crippen molar-refractivity contribution >= 4 is 17.4 Å². The van der Waals surface area contributed by atoms with Crippen LogP contribution in [0.4, 0.5) is 0 Å². The van der Waals surface area contributed by atoms with E-state index in [1.807, 2.05) is 37.1 Å². The number of benzene rings is 1. The first-order valence-corrected chi connectivity index (χ1v) is 8.48. The molecule has 2 heterocycles. The monoisotopic (exact) mass is 344 g/mol. The summed E-state index contributed by atoms with van der Waals surface area (Å²) in [6.45, 7) is 6.62. The molecular formula is C19H24N2O4. The zero-order chi connectivity index (χ0) is 18.2. The van der Waals surface area contributed by atoms with Crippen LogP contribution in [-0.4, -0.2) is 42.7 Å². The third-order valence-corrected chi connectivity index (χ3v) is 4.98. The minimum Gasteiger partial charge on any atom is -0.428 e. The Bertz CT molecular complexity index is 746. The lowest BCUT2D eigenvalue weighted by molar-refractivity contribution is -0.155. The zero-order valence-electron chi connectivity index (χ0n) is 15.1. The molecule has 6 nitrogen and oxygen atoms in total. The Morgan fingerprint density at radius 2 is 1.92 bits per heavy atom. The molecule has 0 bridgehead atoms. The van der Waals surface area contributed by atoms with Gasteiger partial charge in [0.25, 0.3) is 5.91 Å². The predicted molar refractivity (Wildman–Crippen MR) is 93.3 cm³/mol. The maximum absolute atomic E-state index is 12.8. The van der Waals surface area contributed by atoms with Gasteiger partial charge in [0.05, 0.1) is 12.7 Å². The van der Waals surface area contributed by atoms with Gasteiger partial charge in [0.1, 0.15) is 11.3 Å². The number of hydrogen-bond donors (Lipinski definition) is 1. The first-order valence-electron chi connectivity index (χ1n) is 8.48. The van der Waals surface area contributed by atoms with E-state index in [2.05, 4.69) is 5.32 Å². The Kier molecular flexibility index (Phi) is 4.67. The summed E-state index contributed by atoms with van der Waals surface area (Å²) >= 11 is 0. The van der Waals surface area contributed by atoms with E-state index in [0.29, 0.717) is 37.3 Å². The highest BCUT2D eigenvalue weighted by Gasteiger charge is 2.49. The van der Waals surface area contributed by atoms with E-state index in [4.69, 9.17) is 9.57 Å². The van der Waals surface area contributed by atoms with Gasteiger partial charge in [-0.2, -0.15) is 5.06 Å². The summed E-state index contributed by atoms with van der Waals surface area (Å²) in [4.78, 5) is 29.9. The van der Waals surface area contributed by atoms with Gasteiger partial charge >= 0.3 is 5.97 Å². The molecule has 0 saturated carbocycles. The van der Waals surface area contributed by atoms with Crippen LogP contribution in [0.25, 0.3) is 5.57 Å². The van der Waals surface area contributed by atoms with Crippen LogP contribution in [0.5, 0.6) is 0 Å². The Labute approximate surface area is 147 Å². The number of nitrogens with one attached hydrogen (secondary N) is 1. The predicted octanol–water partition coefficient (Wildman–Crippen LogP) is 2.10. The minimum absolute atomic E-state index is 0.184. The van der Waals surface area contributed by atoms with Gasteiger partial charge in [-0.25, -0.2) is 0 Å². The van der Waals surface area contributed by atoms with E-state index in [1.54, 1.807) is 7.11 Å². The van der Waals surface area contributed by atoms with Gasteiger partial charge in [-0.3, -0.25) is 9.59 Å². The fourth-order valence-corrected chi connectivity index (χ4v) is 3.62. The Hall–Kier alpha value is -2.18. The summed E-state index contributed by atoms with van der Waals surface area (Å²) in [6, 6.07) is 5.95. The SMILES string of the molecule is CON1CCC2(CC1)NC(=O)C(c1cc(C)ccc1C)=C2OC(C)=O. The number of carbonyl (C=O) groups is 2. The highest BCUT2D eigenvalue weighted by Crippen LogP contribution is 2.41. The summed E-state index contributed by atoms with van der Waals surface area (Å²) in [5, 5.41) is 4.94. The Balaban J connectivity index is 2.11. The number of ether oxygens (including phenoxy) is 1. The first-order chi connectivity index (χ1) is 11.9. The van der Waals surface area contributed by atoms with Crippen molar-refractivity contribution in [3.8, 4) is 0 Å². The molecule has 25 heavy (non-hydrogen) atoms. The highest BCUT2D eigenvalue weighted by molar-refractivity contribution is 6.24. The van der Waals surface area contributed by atoms with Gasteiger partial charge in [-0.05, 0) is 37.8 Å². The quantitative estimate of drug-likeness (QED) is 0.851. The van der Waals surface area contributed by atoms with Crippen LogP contribution < -0.4 is 5.32 Å². The van der Waals surface area contributed by atoms with Crippen molar-refractivity contribution in [3.05, 3.63) is 40.6 Å². The lowest BCUT2D eigenvalue weighted by Crippen LogP contribution is -2.53. The molecule has 2 aliphatic heterocycles. The third kappa shape index (κ3) is 3.19. The van der Waals surface area contributed by atoms with Crippen molar-refractivity contribution in [3.63, 3.8) is 0 Å². The number of nitrogens with zero attached hydrogens (tertiary/aromatic N) is 1. The van der Waals surface area contributed by atoms with Crippen LogP contribution in [0.15, 0.2) is 24.0 Å². The maximum Gasteiger partial charge on any atom is 0.307 e. The van der Waals surface area contributed by atoms with Crippen molar-refractivity contribution in [1.29, 1.82) is 0 Å².